The smallest absolute Gasteiger partial charge is 0.410 e. The highest BCUT2D eigenvalue weighted by molar-refractivity contribution is 5.95. The highest BCUT2D eigenvalue weighted by Gasteiger charge is 2.40. The van der Waals surface area contributed by atoms with Crippen LogP contribution in [0.4, 0.5) is 4.79 Å². The summed E-state index contributed by atoms with van der Waals surface area (Å²) >= 11 is 0. The number of nitrogens with zero attached hydrogens (tertiary/aromatic N) is 6. The van der Waals surface area contributed by atoms with Crippen LogP contribution in [-0.4, -0.2) is 120 Å². The fourth-order valence-corrected chi connectivity index (χ4v) is 9.63. The molecule has 0 atom stereocenters. The van der Waals surface area contributed by atoms with Crippen LogP contribution in [0.5, 0.6) is 11.5 Å². The molecular weight excluding hydrogens is 681 g/mol. The van der Waals surface area contributed by atoms with Crippen LogP contribution in [0.15, 0.2) is 41.6 Å². The Hall–Kier alpha value is -3.67. The molecule has 0 bridgehead atoms. The second-order valence-electron chi connectivity index (χ2n) is 17.5. The number of carbonyl (C=O) groups excluding carboxylic acids is 1. The molecule has 1 spiro atoms. The molecule has 7 rings (SSSR count). The van der Waals surface area contributed by atoms with Crippen LogP contribution >= 0.6 is 0 Å². The van der Waals surface area contributed by atoms with Gasteiger partial charge in [0.1, 0.15) is 17.1 Å². The molecule has 2 aromatic heterocycles. The summed E-state index contributed by atoms with van der Waals surface area (Å²) in [6, 6.07) is 6.75. The Labute approximate surface area is 321 Å². The zero-order valence-corrected chi connectivity index (χ0v) is 33.6. The third-order valence-corrected chi connectivity index (χ3v) is 12.9. The van der Waals surface area contributed by atoms with Crippen LogP contribution < -0.4 is 15.0 Å². The maximum Gasteiger partial charge on any atom is 0.410 e. The SMILES string of the molecule is COc1cc(-c2cn(C)c(=O)c3cnccc23)cc(OC)c1CN1CCN(C2CCC3(CC2)CCN(CC2CCN(C(=O)OC(C)(C)C)CC2)CC3)CC1. The Bertz CT molecular complexity index is 1790. The number of amides is 1. The van der Waals surface area contributed by atoms with E-state index in [1.165, 1.54) is 58.2 Å². The summed E-state index contributed by atoms with van der Waals surface area (Å²) in [6.45, 7) is 16.1. The lowest BCUT2D eigenvalue weighted by Crippen LogP contribution is -2.52. The molecule has 3 aromatic rings. The molecule has 11 heteroatoms. The predicted molar refractivity (Wildman–Crippen MR) is 213 cm³/mol. The molecule has 1 aliphatic carbocycles. The van der Waals surface area contributed by atoms with Crippen LogP contribution in [0, 0.1) is 11.3 Å². The van der Waals surface area contributed by atoms with E-state index >= 15 is 0 Å². The highest BCUT2D eigenvalue weighted by Crippen LogP contribution is 2.46. The Balaban J connectivity index is 0.879. The van der Waals surface area contributed by atoms with E-state index in [2.05, 4.69) is 31.8 Å². The van der Waals surface area contributed by atoms with Gasteiger partial charge in [0.2, 0.25) is 0 Å². The van der Waals surface area contributed by atoms with Gasteiger partial charge in [0.15, 0.2) is 0 Å². The normalized spacial score (nSPS) is 21.1. The van der Waals surface area contributed by atoms with Gasteiger partial charge in [0, 0.05) is 89.6 Å². The average molecular weight is 743 g/mol. The van der Waals surface area contributed by atoms with Crippen molar-refractivity contribution in [2.75, 3.05) is 73.1 Å². The van der Waals surface area contributed by atoms with E-state index in [-0.39, 0.29) is 11.7 Å². The van der Waals surface area contributed by atoms with E-state index in [0.29, 0.717) is 22.8 Å². The van der Waals surface area contributed by atoms with Gasteiger partial charge in [-0.2, -0.15) is 0 Å². The molecule has 1 saturated carbocycles. The summed E-state index contributed by atoms with van der Waals surface area (Å²) in [6.07, 6.45) is 15.3. The lowest BCUT2D eigenvalue weighted by Gasteiger charge is -2.49. The van der Waals surface area contributed by atoms with E-state index in [1.54, 1.807) is 38.2 Å². The summed E-state index contributed by atoms with van der Waals surface area (Å²) in [7, 11) is 5.23. The summed E-state index contributed by atoms with van der Waals surface area (Å²) in [5, 5.41) is 1.46. The quantitative estimate of drug-likeness (QED) is 0.260. The molecule has 5 heterocycles. The van der Waals surface area contributed by atoms with Crippen molar-refractivity contribution < 1.29 is 19.0 Å². The molecule has 0 unspecified atom stereocenters. The maximum atomic E-state index is 12.8. The average Bonchev–Trinajstić information content (AvgIpc) is 3.17. The molecule has 3 saturated heterocycles. The second kappa shape index (κ2) is 16.2. The summed E-state index contributed by atoms with van der Waals surface area (Å²) < 4.78 is 19.2. The molecule has 4 fully saturated rings. The van der Waals surface area contributed by atoms with Crippen molar-refractivity contribution in [3.8, 4) is 22.6 Å². The van der Waals surface area contributed by atoms with Crippen molar-refractivity contribution in [3.63, 3.8) is 0 Å². The Morgan fingerprint density at radius 1 is 0.852 bits per heavy atom. The van der Waals surface area contributed by atoms with Crippen LogP contribution in [0.2, 0.25) is 0 Å². The van der Waals surface area contributed by atoms with Crippen molar-refractivity contribution >= 4 is 16.9 Å². The van der Waals surface area contributed by atoms with E-state index < -0.39 is 5.60 Å². The van der Waals surface area contributed by atoms with Crippen LogP contribution in [0.1, 0.15) is 77.7 Å². The summed E-state index contributed by atoms with van der Waals surface area (Å²) in [5.74, 6) is 2.28. The zero-order valence-electron chi connectivity index (χ0n) is 33.6. The fraction of sp³-hybridized carbons (Fsp3) is 0.651. The van der Waals surface area contributed by atoms with Crippen molar-refractivity contribution in [2.24, 2.45) is 18.4 Å². The van der Waals surface area contributed by atoms with Gasteiger partial charge in [0.05, 0.1) is 25.2 Å². The number of hydrogen-bond acceptors (Lipinski definition) is 9. The van der Waals surface area contributed by atoms with Gasteiger partial charge in [-0.05, 0) is 126 Å². The van der Waals surface area contributed by atoms with E-state index in [0.717, 1.165) is 92.2 Å². The molecule has 54 heavy (non-hydrogen) atoms. The van der Waals surface area contributed by atoms with Crippen LogP contribution in [0.25, 0.3) is 21.9 Å². The minimum absolute atomic E-state index is 0.0625. The Morgan fingerprint density at radius 2 is 1.50 bits per heavy atom. The predicted octanol–water partition coefficient (Wildman–Crippen LogP) is 6.41. The molecule has 0 N–H and O–H groups in total. The largest absolute Gasteiger partial charge is 0.496 e. The molecule has 3 aliphatic heterocycles. The van der Waals surface area contributed by atoms with Gasteiger partial charge in [-0.1, -0.05) is 0 Å². The van der Waals surface area contributed by atoms with Crippen LogP contribution in [-0.2, 0) is 18.3 Å². The third kappa shape index (κ3) is 8.58. The van der Waals surface area contributed by atoms with Gasteiger partial charge in [-0.15, -0.1) is 0 Å². The number of aryl methyl sites for hydroxylation is 1. The number of aromatic nitrogens is 2. The van der Waals surface area contributed by atoms with E-state index in [4.69, 9.17) is 14.2 Å². The number of fused-ring (bicyclic) bond motifs is 1. The number of hydrogen-bond donors (Lipinski definition) is 0. The zero-order chi connectivity index (χ0) is 38.0. The first-order valence-electron chi connectivity index (χ1n) is 20.3. The number of piperazine rings is 1. The molecule has 1 amide bonds. The van der Waals surface area contributed by atoms with E-state index in [1.807, 2.05) is 37.9 Å². The fourth-order valence-electron chi connectivity index (χ4n) is 9.63. The molecule has 294 valence electrons. The monoisotopic (exact) mass is 742 g/mol. The van der Waals surface area contributed by atoms with Gasteiger partial charge in [-0.25, -0.2) is 4.79 Å². The van der Waals surface area contributed by atoms with Gasteiger partial charge in [0.25, 0.3) is 5.56 Å². The first-order valence-corrected chi connectivity index (χ1v) is 20.3. The van der Waals surface area contributed by atoms with Crippen molar-refractivity contribution in [1.82, 2.24) is 29.2 Å². The first kappa shape index (κ1) is 38.6. The summed E-state index contributed by atoms with van der Waals surface area (Å²) in [4.78, 5) is 39.4. The topological polar surface area (TPSA) is 92.6 Å². The number of benzene rings is 1. The van der Waals surface area contributed by atoms with Crippen molar-refractivity contribution in [3.05, 3.63) is 52.7 Å². The standard InChI is InChI=1S/C43H62N6O5/c1-42(2,3)54-41(51)49-17-10-31(11-18-49)28-46-19-14-43(15-20-46)12-7-33(8-13-43)48-23-21-47(22-24-48)30-37-38(52-5)25-32(26-39(37)53-6)36-29-45(4)40(50)35-27-44-16-9-34(35)36/h9,16,25-27,29,31,33H,7-8,10-15,17-24,28,30H2,1-6H3. The number of ether oxygens (including phenoxy) is 3. The van der Waals surface area contributed by atoms with E-state index in [9.17, 15) is 9.59 Å². The molecule has 4 aliphatic rings. The van der Waals surface area contributed by atoms with Crippen molar-refractivity contribution in [2.45, 2.75) is 90.3 Å². The van der Waals surface area contributed by atoms with Gasteiger partial charge >= 0.3 is 6.09 Å². The van der Waals surface area contributed by atoms with Gasteiger partial charge in [-0.3, -0.25) is 19.6 Å². The Morgan fingerprint density at radius 3 is 2.11 bits per heavy atom. The maximum absolute atomic E-state index is 12.8. The third-order valence-electron chi connectivity index (χ3n) is 12.9. The highest BCUT2D eigenvalue weighted by atomic mass is 16.6. The minimum atomic E-state index is -0.435. The van der Waals surface area contributed by atoms with Crippen LogP contribution in [0.3, 0.4) is 0 Å². The number of likely N-dealkylation sites (tertiary alicyclic amines) is 2. The number of pyridine rings is 2. The number of carbonyl (C=O) groups is 1. The molecule has 11 nitrogen and oxygen atoms in total. The minimum Gasteiger partial charge on any atom is -0.496 e. The molecular formula is C43H62N6O5. The second-order valence-corrected chi connectivity index (χ2v) is 17.5. The first-order chi connectivity index (χ1) is 25.9. The Kier molecular flexibility index (Phi) is 11.6. The molecule has 1 aromatic carbocycles. The van der Waals surface area contributed by atoms with Crippen molar-refractivity contribution in [1.29, 1.82) is 0 Å². The van der Waals surface area contributed by atoms with Gasteiger partial charge < -0.3 is 28.6 Å². The molecule has 0 radical (unpaired) electrons. The lowest BCUT2D eigenvalue weighted by atomic mass is 9.66. The lowest BCUT2D eigenvalue weighted by molar-refractivity contribution is 0.00550. The number of piperidine rings is 2. The number of rotatable bonds is 8. The number of methoxy groups -OCH3 is 2. The summed E-state index contributed by atoms with van der Waals surface area (Å²) in [5.41, 5.74) is 2.99.